The van der Waals surface area contributed by atoms with Crippen molar-refractivity contribution in [2.24, 2.45) is 5.73 Å². The van der Waals surface area contributed by atoms with Crippen LogP contribution in [-0.4, -0.2) is 29.9 Å². The topological polar surface area (TPSA) is 46.3 Å². The zero-order valence-corrected chi connectivity index (χ0v) is 11.8. The molecular weight excluding hydrogens is 292 g/mol. The Labute approximate surface area is 115 Å². The lowest BCUT2D eigenvalue weighted by molar-refractivity contribution is -0.132. The van der Waals surface area contributed by atoms with Gasteiger partial charge >= 0.3 is 0 Å². The van der Waals surface area contributed by atoms with Crippen LogP contribution in [0.1, 0.15) is 24.8 Å². The number of nitrogens with zero attached hydrogens (tertiary/aromatic N) is 1. The lowest BCUT2D eigenvalue weighted by Crippen LogP contribution is -2.39. The third kappa shape index (κ3) is 1.97. The van der Waals surface area contributed by atoms with E-state index >= 15 is 0 Å². The summed E-state index contributed by atoms with van der Waals surface area (Å²) in [6, 6.07) is 8.31. The van der Waals surface area contributed by atoms with Gasteiger partial charge in [0.1, 0.15) is 0 Å². The monoisotopic (exact) mass is 308 g/mol. The van der Waals surface area contributed by atoms with Gasteiger partial charge < -0.3 is 10.6 Å². The summed E-state index contributed by atoms with van der Waals surface area (Å²) < 4.78 is 1.05. The van der Waals surface area contributed by atoms with Crippen LogP contribution in [-0.2, 0) is 10.2 Å². The summed E-state index contributed by atoms with van der Waals surface area (Å²) in [5.41, 5.74) is 6.79. The van der Waals surface area contributed by atoms with E-state index in [1.165, 1.54) is 0 Å². The fraction of sp³-hybridized carbons (Fsp3) is 0.500. The first-order chi connectivity index (χ1) is 8.62. The van der Waals surface area contributed by atoms with Gasteiger partial charge in [0.2, 0.25) is 5.91 Å². The second kappa shape index (κ2) is 4.35. The summed E-state index contributed by atoms with van der Waals surface area (Å²) in [4.78, 5) is 14.6. The molecule has 1 atom stereocenters. The molecule has 1 aromatic carbocycles. The molecule has 4 heteroatoms. The Kier molecular flexibility index (Phi) is 2.94. The first-order valence-corrected chi connectivity index (χ1v) is 7.22. The summed E-state index contributed by atoms with van der Waals surface area (Å²) in [5.74, 6) is 0.276. The molecule has 0 radical (unpaired) electrons. The molecule has 1 amide bonds. The van der Waals surface area contributed by atoms with Crippen LogP contribution < -0.4 is 5.73 Å². The molecule has 2 aliphatic rings. The molecule has 18 heavy (non-hydrogen) atoms. The maximum atomic E-state index is 12.6. The molecule has 1 heterocycles. The zero-order chi connectivity index (χ0) is 12.8. The molecule has 2 fully saturated rings. The molecule has 1 aliphatic carbocycles. The average Bonchev–Trinajstić information content (AvgIpc) is 3.06. The predicted molar refractivity (Wildman–Crippen MR) is 74.2 cm³/mol. The Morgan fingerprint density at radius 2 is 2.00 bits per heavy atom. The van der Waals surface area contributed by atoms with E-state index in [1.807, 2.05) is 17.0 Å². The standard InChI is InChI=1S/C14H17BrN2O/c15-11-3-1-10(2-4-11)14(6-7-14)13(18)17-8-5-12(16)9-17/h1-4,12H,5-9,16H2/t12-/m0/s1. The highest BCUT2D eigenvalue weighted by Crippen LogP contribution is 2.50. The van der Waals surface area contributed by atoms with Gasteiger partial charge in [0, 0.05) is 23.6 Å². The highest BCUT2D eigenvalue weighted by molar-refractivity contribution is 9.10. The number of benzene rings is 1. The summed E-state index contributed by atoms with van der Waals surface area (Å²) >= 11 is 3.43. The highest BCUT2D eigenvalue weighted by atomic mass is 79.9. The normalized spacial score (nSPS) is 25.2. The van der Waals surface area contributed by atoms with Crippen LogP contribution in [0.4, 0.5) is 0 Å². The molecule has 1 aliphatic heterocycles. The van der Waals surface area contributed by atoms with Crippen molar-refractivity contribution in [3.8, 4) is 0 Å². The van der Waals surface area contributed by atoms with E-state index in [0.717, 1.165) is 42.4 Å². The fourth-order valence-corrected chi connectivity index (χ4v) is 3.06. The van der Waals surface area contributed by atoms with Crippen LogP contribution in [0.3, 0.4) is 0 Å². The van der Waals surface area contributed by atoms with Crippen molar-refractivity contribution in [3.63, 3.8) is 0 Å². The van der Waals surface area contributed by atoms with Gasteiger partial charge in [0.25, 0.3) is 0 Å². The van der Waals surface area contributed by atoms with Crippen molar-refractivity contribution in [3.05, 3.63) is 34.3 Å². The van der Waals surface area contributed by atoms with E-state index < -0.39 is 0 Å². The lowest BCUT2D eigenvalue weighted by atomic mass is 9.94. The number of carbonyl (C=O) groups is 1. The minimum Gasteiger partial charge on any atom is -0.340 e. The van der Waals surface area contributed by atoms with Crippen LogP contribution in [0.2, 0.25) is 0 Å². The SMILES string of the molecule is N[C@H]1CCN(C(=O)C2(c3ccc(Br)cc3)CC2)C1. The van der Waals surface area contributed by atoms with E-state index in [4.69, 9.17) is 5.73 Å². The highest BCUT2D eigenvalue weighted by Gasteiger charge is 2.53. The minimum atomic E-state index is -0.245. The third-order valence-electron chi connectivity index (χ3n) is 4.07. The largest absolute Gasteiger partial charge is 0.340 e. The molecule has 0 aromatic heterocycles. The number of rotatable bonds is 2. The average molecular weight is 309 g/mol. The Morgan fingerprint density at radius 1 is 1.33 bits per heavy atom. The van der Waals surface area contributed by atoms with Crippen molar-refractivity contribution >= 4 is 21.8 Å². The van der Waals surface area contributed by atoms with Crippen molar-refractivity contribution in [2.45, 2.75) is 30.7 Å². The maximum absolute atomic E-state index is 12.6. The summed E-state index contributed by atoms with van der Waals surface area (Å²) in [6.07, 6.45) is 2.88. The molecule has 0 spiro atoms. The molecule has 3 rings (SSSR count). The van der Waals surface area contributed by atoms with Gasteiger partial charge in [0.05, 0.1) is 5.41 Å². The Morgan fingerprint density at radius 3 is 2.50 bits per heavy atom. The van der Waals surface area contributed by atoms with Crippen LogP contribution >= 0.6 is 15.9 Å². The number of halogens is 1. The molecule has 3 nitrogen and oxygen atoms in total. The predicted octanol–water partition coefficient (Wildman–Crippen LogP) is 2.04. The molecule has 96 valence electrons. The molecule has 0 unspecified atom stereocenters. The van der Waals surface area contributed by atoms with E-state index in [9.17, 15) is 4.79 Å². The third-order valence-corrected chi connectivity index (χ3v) is 4.60. The Bertz CT molecular complexity index is 467. The van der Waals surface area contributed by atoms with Gasteiger partial charge in [-0.3, -0.25) is 4.79 Å². The lowest BCUT2D eigenvalue weighted by Gasteiger charge is -2.23. The molecule has 1 aromatic rings. The minimum absolute atomic E-state index is 0.162. The fourth-order valence-electron chi connectivity index (χ4n) is 2.79. The van der Waals surface area contributed by atoms with Crippen LogP contribution in [0.25, 0.3) is 0 Å². The van der Waals surface area contributed by atoms with Crippen molar-refractivity contribution in [2.75, 3.05) is 13.1 Å². The van der Waals surface area contributed by atoms with Crippen LogP contribution in [0, 0.1) is 0 Å². The summed E-state index contributed by atoms with van der Waals surface area (Å²) in [7, 11) is 0. The first kappa shape index (κ1) is 12.2. The number of likely N-dealkylation sites (tertiary alicyclic amines) is 1. The molecule has 1 saturated heterocycles. The van der Waals surface area contributed by atoms with E-state index in [1.54, 1.807) is 0 Å². The van der Waals surface area contributed by atoms with Gasteiger partial charge in [-0.15, -0.1) is 0 Å². The molecule has 1 saturated carbocycles. The van der Waals surface area contributed by atoms with Gasteiger partial charge in [0.15, 0.2) is 0 Å². The number of hydrogen-bond donors (Lipinski definition) is 1. The Hall–Kier alpha value is -0.870. The zero-order valence-electron chi connectivity index (χ0n) is 10.2. The molecule has 2 N–H and O–H groups in total. The Balaban J connectivity index is 1.82. The summed E-state index contributed by atoms with van der Waals surface area (Å²) in [5, 5.41) is 0. The number of nitrogens with two attached hydrogens (primary N) is 1. The first-order valence-electron chi connectivity index (χ1n) is 6.43. The van der Waals surface area contributed by atoms with E-state index in [0.29, 0.717) is 0 Å². The molecular formula is C14H17BrN2O. The van der Waals surface area contributed by atoms with Gasteiger partial charge in [-0.25, -0.2) is 0 Å². The molecule has 0 bridgehead atoms. The van der Waals surface area contributed by atoms with E-state index in [2.05, 4.69) is 28.1 Å². The van der Waals surface area contributed by atoms with Crippen molar-refractivity contribution < 1.29 is 4.79 Å². The van der Waals surface area contributed by atoms with Crippen LogP contribution in [0.5, 0.6) is 0 Å². The van der Waals surface area contributed by atoms with Crippen LogP contribution in [0.15, 0.2) is 28.7 Å². The van der Waals surface area contributed by atoms with Gasteiger partial charge in [-0.2, -0.15) is 0 Å². The maximum Gasteiger partial charge on any atom is 0.233 e. The van der Waals surface area contributed by atoms with Crippen molar-refractivity contribution in [1.82, 2.24) is 4.90 Å². The quantitative estimate of drug-likeness (QED) is 0.909. The summed E-state index contributed by atoms with van der Waals surface area (Å²) in [6.45, 7) is 1.54. The van der Waals surface area contributed by atoms with Gasteiger partial charge in [-0.1, -0.05) is 28.1 Å². The second-order valence-electron chi connectivity index (χ2n) is 5.39. The second-order valence-corrected chi connectivity index (χ2v) is 6.30. The number of carbonyl (C=O) groups excluding carboxylic acids is 1. The smallest absolute Gasteiger partial charge is 0.233 e. The number of hydrogen-bond acceptors (Lipinski definition) is 2. The number of amides is 1. The van der Waals surface area contributed by atoms with Gasteiger partial charge in [-0.05, 0) is 37.0 Å². The van der Waals surface area contributed by atoms with Crippen molar-refractivity contribution in [1.29, 1.82) is 0 Å². The van der Waals surface area contributed by atoms with E-state index in [-0.39, 0.29) is 17.4 Å².